The van der Waals surface area contributed by atoms with Gasteiger partial charge in [0.15, 0.2) is 0 Å². The van der Waals surface area contributed by atoms with Crippen LogP contribution in [-0.4, -0.2) is 26.1 Å². The van der Waals surface area contributed by atoms with Crippen molar-refractivity contribution in [2.45, 2.75) is 38.8 Å². The van der Waals surface area contributed by atoms with Crippen LogP contribution >= 0.6 is 0 Å². The Balaban J connectivity index is 2.70. The van der Waals surface area contributed by atoms with Gasteiger partial charge in [0.2, 0.25) is 0 Å². The smallest absolute Gasteiger partial charge is 0.261 e. The molecule has 0 spiro atoms. The normalized spacial score (nSPS) is 14.8. The third kappa shape index (κ3) is 3.95. The molecule has 0 aliphatic heterocycles. The maximum Gasteiger partial charge on any atom is 0.261 e. The highest BCUT2D eigenvalue weighted by Crippen LogP contribution is 2.38. The van der Waals surface area contributed by atoms with Gasteiger partial charge in [0.1, 0.15) is 0 Å². The first-order valence-electron chi connectivity index (χ1n) is 8.89. The molecule has 0 aromatic heterocycles. The lowest BCUT2D eigenvalue weighted by Crippen LogP contribution is -2.68. The number of rotatable bonds is 7. The molecule has 25 heavy (non-hydrogen) atoms. The molecule has 0 bridgehead atoms. The molecule has 0 amide bonds. The monoisotopic (exact) mass is 354 g/mol. The Hall–Kier alpha value is -1.68. The number of aliphatic hydroxyl groups is 1. The lowest BCUT2D eigenvalue weighted by molar-refractivity contribution is 0.121. The van der Waals surface area contributed by atoms with Crippen molar-refractivity contribution in [2.75, 3.05) is 6.61 Å². The van der Waals surface area contributed by atoms with Crippen LogP contribution in [0.5, 0.6) is 0 Å². The van der Waals surface area contributed by atoms with E-state index in [1.807, 2.05) is 25.1 Å². The summed E-state index contributed by atoms with van der Waals surface area (Å²) >= 11 is 0. The summed E-state index contributed by atoms with van der Waals surface area (Å²) in [7, 11) is -2.59. The molecule has 0 saturated heterocycles. The quantitative estimate of drug-likeness (QED) is 0.606. The summed E-state index contributed by atoms with van der Waals surface area (Å²) in [6.45, 7) is 12.8. The summed E-state index contributed by atoms with van der Waals surface area (Å²) < 4.78 is 6.94. The van der Waals surface area contributed by atoms with Crippen LogP contribution in [0.15, 0.2) is 73.3 Å². The first kappa shape index (κ1) is 19.6. The summed E-state index contributed by atoms with van der Waals surface area (Å²) in [5.41, 5.74) is 0. The first-order chi connectivity index (χ1) is 11.9. The Morgan fingerprint density at radius 1 is 1.00 bits per heavy atom. The fraction of sp³-hybridized carbons (Fsp3) is 0.364. The van der Waals surface area contributed by atoms with Gasteiger partial charge in [-0.2, -0.15) is 0 Å². The van der Waals surface area contributed by atoms with E-state index in [1.54, 1.807) is 0 Å². The van der Waals surface area contributed by atoms with Crippen LogP contribution in [0.1, 0.15) is 27.7 Å². The first-order valence-corrected chi connectivity index (χ1v) is 10.8. The largest absolute Gasteiger partial charge is 0.401 e. The summed E-state index contributed by atoms with van der Waals surface area (Å²) in [6.07, 6.45) is 1.64. The van der Waals surface area contributed by atoms with Crippen molar-refractivity contribution in [1.82, 2.24) is 0 Å². The van der Waals surface area contributed by atoms with Crippen molar-refractivity contribution in [2.24, 2.45) is 5.92 Å². The molecule has 0 aliphatic carbocycles. The molecule has 2 aromatic carbocycles. The topological polar surface area (TPSA) is 29.5 Å². The second-order valence-electron chi connectivity index (χ2n) is 7.64. The van der Waals surface area contributed by atoms with Crippen LogP contribution in [0.3, 0.4) is 0 Å². The molecule has 2 rings (SSSR count). The van der Waals surface area contributed by atoms with E-state index in [4.69, 9.17) is 4.43 Å². The molecule has 2 atom stereocenters. The predicted molar refractivity (Wildman–Crippen MR) is 109 cm³/mol. The molecule has 134 valence electrons. The highest BCUT2D eigenvalue weighted by atomic mass is 28.4. The molecular weight excluding hydrogens is 324 g/mol. The van der Waals surface area contributed by atoms with E-state index in [0.29, 0.717) is 0 Å². The number of hydrogen-bond acceptors (Lipinski definition) is 2. The molecule has 0 aliphatic rings. The zero-order chi connectivity index (χ0) is 18.5. The Labute approximate surface area is 153 Å². The van der Waals surface area contributed by atoms with E-state index in [0.717, 1.165) is 0 Å². The maximum atomic E-state index is 9.66. The van der Waals surface area contributed by atoms with Crippen LogP contribution < -0.4 is 10.4 Å². The third-order valence-corrected chi connectivity index (χ3v) is 9.84. The minimum absolute atomic E-state index is 0.000788. The van der Waals surface area contributed by atoms with Gasteiger partial charge < -0.3 is 9.53 Å². The van der Waals surface area contributed by atoms with Crippen molar-refractivity contribution in [3.63, 3.8) is 0 Å². The van der Waals surface area contributed by atoms with Crippen LogP contribution in [0, 0.1) is 5.92 Å². The Morgan fingerprint density at radius 3 is 1.76 bits per heavy atom. The molecule has 0 saturated carbocycles. The number of hydrogen-bond donors (Lipinski definition) is 1. The van der Waals surface area contributed by atoms with Gasteiger partial charge in [0.25, 0.3) is 8.32 Å². The van der Waals surface area contributed by atoms with Crippen molar-refractivity contribution in [3.8, 4) is 0 Å². The van der Waals surface area contributed by atoms with Crippen molar-refractivity contribution < 1.29 is 9.53 Å². The number of aliphatic hydroxyl groups excluding tert-OH is 1. The number of benzene rings is 2. The Kier molecular flexibility index (Phi) is 6.39. The third-order valence-electron chi connectivity index (χ3n) is 4.81. The van der Waals surface area contributed by atoms with Gasteiger partial charge in [-0.05, 0) is 15.4 Å². The van der Waals surface area contributed by atoms with E-state index in [-0.39, 0.29) is 23.7 Å². The predicted octanol–water partition coefficient (Wildman–Crippen LogP) is 3.75. The van der Waals surface area contributed by atoms with Crippen LogP contribution in [-0.2, 0) is 4.43 Å². The lowest BCUT2D eigenvalue weighted by Gasteiger charge is -2.45. The fourth-order valence-corrected chi connectivity index (χ4v) is 8.15. The zero-order valence-electron chi connectivity index (χ0n) is 15.8. The molecule has 0 radical (unpaired) electrons. The van der Waals surface area contributed by atoms with Crippen LogP contribution in [0.4, 0.5) is 0 Å². The lowest BCUT2D eigenvalue weighted by atomic mass is 10.1. The Bertz CT molecular complexity index is 622. The van der Waals surface area contributed by atoms with Crippen molar-refractivity contribution in [1.29, 1.82) is 0 Å². The van der Waals surface area contributed by atoms with E-state index >= 15 is 0 Å². The molecule has 0 fully saturated rings. The van der Waals surface area contributed by atoms with Crippen LogP contribution in [0.2, 0.25) is 5.04 Å². The zero-order valence-corrected chi connectivity index (χ0v) is 16.8. The van der Waals surface area contributed by atoms with Gasteiger partial charge in [-0.25, -0.2) is 0 Å². The van der Waals surface area contributed by atoms with E-state index < -0.39 is 8.32 Å². The summed E-state index contributed by atoms with van der Waals surface area (Å²) in [4.78, 5) is 0. The molecular formula is C22H30O2Si. The molecule has 3 heteroatoms. The fourth-order valence-electron chi connectivity index (χ4n) is 3.40. The van der Waals surface area contributed by atoms with Gasteiger partial charge in [0.05, 0.1) is 6.10 Å². The second kappa shape index (κ2) is 8.13. The van der Waals surface area contributed by atoms with Gasteiger partial charge >= 0.3 is 0 Å². The molecule has 1 N–H and O–H groups in total. The summed E-state index contributed by atoms with van der Waals surface area (Å²) in [6, 6.07) is 21.1. The van der Waals surface area contributed by atoms with Gasteiger partial charge in [0, 0.05) is 12.5 Å². The summed E-state index contributed by atoms with van der Waals surface area (Å²) in [5, 5.41) is 12.1. The minimum Gasteiger partial charge on any atom is -0.401 e. The van der Waals surface area contributed by atoms with E-state index in [2.05, 4.69) is 75.9 Å². The maximum absolute atomic E-state index is 9.66. The van der Waals surface area contributed by atoms with E-state index in [9.17, 15) is 5.11 Å². The SMILES string of the molecule is C=C[C@H](O[Si](c1ccccc1)(c1ccccc1)C(C)(C)C)[C@H](C)CO. The van der Waals surface area contributed by atoms with Crippen molar-refractivity contribution >= 4 is 18.7 Å². The van der Waals surface area contributed by atoms with Gasteiger partial charge in [-0.15, -0.1) is 6.58 Å². The highest BCUT2D eigenvalue weighted by Gasteiger charge is 2.51. The molecule has 2 aromatic rings. The average Bonchev–Trinajstić information content (AvgIpc) is 2.62. The van der Waals surface area contributed by atoms with E-state index in [1.165, 1.54) is 10.4 Å². The summed E-state index contributed by atoms with van der Waals surface area (Å²) in [5.74, 6) is -0.000788. The highest BCUT2D eigenvalue weighted by molar-refractivity contribution is 6.99. The Morgan fingerprint density at radius 2 is 1.44 bits per heavy atom. The minimum atomic E-state index is -2.59. The molecule has 0 unspecified atom stereocenters. The second-order valence-corrected chi connectivity index (χ2v) is 11.9. The molecule has 0 heterocycles. The van der Waals surface area contributed by atoms with Crippen LogP contribution in [0.25, 0.3) is 0 Å². The van der Waals surface area contributed by atoms with Gasteiger partial charge in [-0.1, -0.05) is 94.4 Å². The molecule has 2 nitrogen and oxygen atoms in total. The standard InChI is InChI=1S/C22H30O2Si/c1-6-21(18(2)17-23)24-25(22(3,4)5,19-13-9-7-10-14-19)20-15-11-8-12-16-20/h6-16,18,21,23H,1,17H2,2-5H3/t18-,21+/m1/s1. The van der Waals surface area contributed by atoms with Crippen molar-refractivity contribution in [3.05, 3.63) is 73.3 Å². The van der Waals surface area contributed by atoms with Gasteiger partial charge in [-0.3, -0.25) is 0 Å². The average molecular weight is 355 g/mol.